The van der Waals surface area contributed by atoms with Crippen LogP contribution in [0.1, 0.15) is 11.4 Å². The molecule has 0 saturated carbocycles. The van der Waals surface area contributed by atoms with Gasteiger partial charge in [-0.2, -0.15) is 0 Å². The number of piperazine rings is 1. The molecule has 3 heterocycles. The van der Waals surface area contributed by atoms with Crippen molar-refractivity contribution in [1.82, 2.24) is 20.6 Å². The van der Waals surface area contributed by atoms with Crippen LogP contribution in [0.15, 0.2) is 48.8 Å². The SMILES string of the molecule is c1ccc(C2(c3ccccn3)CNCCN2)nc1. The minimum Gasteiger partial charge on any atom is -0.313 e. The standard InChI is InChI=1S/C14H16N4/c1-3-7-16-12(5-1)14(11-15-9-10-18-14)13-6-2-4-8-17-13/h1-8,15,18H,9-11H2. The molecule has 3 rings (SSSR count). The minimum atomic E-state index is -0.319. The maximum absolute atomic E-state index is 4.51. The zero-order chi connectivity index (χ0) is 12.3. The van der Waals surface area contributed by atoms with Crippen LogP contribution in [0, 0.1) is 0 Å². The third-order valence-corrected chi connectivity index (χ3v) is 3.32. The van der Waals surface area contributed by atoms with Gasteiger partial charge in [-0.05, 0) is 24.3 Å². The molecule has 1 fully saturated rings. The van der Waals surface area contributed by atoms with Crippen LogP contribution >= 0.6 is 0 Å². The first-order valence-electron chi connectivity index (χ1n) is 6.21. The topological polar surface area (TPSA) is 49.8 Å². The van der Waals surface area contributed by atoms with E-state index in [4.69, 9.17) is 0 Å². The second-order valence-corrected chi connectivity index (χ2v) is 4.44. The van der Waals surface area contributed by atoms with Crippen LogP contribution in [0.5, 0.6) is 0 Å². The van der Waals surface area contributed by atoms with Gasteiger partial charge in [0.25, 0.3) is 0 Å². The Hall–Kier alpha value is -1.78. The molecule has 0 bridgehead atoms. The van der Waals surface area contributed by atoms with Gasteiger partial charge in [0, 0.05) is 32.0 Å². The van der Waals surface area contributed by atoms with Crippen molar-refractivity contribution in [3.05, 3.63) is 60.2 Å². The van der Waals surface area contributed by atoms with E-state index in [2.05, 4.69) is 32.7 Å². The first kappa shape index (κ1) is 11.3. The third kappa shape index (κ3) is 1.89. The second kappa shape index (κ2) is 4.84. The summed E-state index contributed by atoms with van der Waals surface area (Å²) < 4.78 is 0. The summed E-state index contributed by atoms with van der Waals surface area (Å²) in [5.41, 5.74) is 1.70. The Bertz CT molecular complexity index is 450. The van der Waals surface area contributed by atoms with E-state index in [1.807, 2.05) is 36.7 Å². The molecule has 2 N–H and O–H groups in total. The lowest BCUT2D eigenvalue weighted by atomic mass is 9.88. The van der Waals surface area contributed by atoms with Crippen molar-refractivity contribution < 1.29 is 0 Å². The molecule has 2 aromatic heterocycles. The van der Waals surface area contributed by atoms with Crippen LogP contribution < -0.4 is 10.6 Å². The zero-order valence-electron chi connectivity index (χ0n) is 10.1. The molecule has 0 atom stereocenters. The zero-order valence-corrected chi connectivity index (χ0v) is 10.1. The Balaban J connectivity index is 2.10. The van der Waals surface area contributed by atoms with Gasteiger partial charge in [-0.3, -0.25) is 15.3 Å². The molecule has 18 heavy (non-hydrogen) atoms. The molecule has 0 aromatic carbocycles. The van der Waals surface area contributed by atoms with Gasteiger partial charge in [0.1, 0.15) is 5.54 Å². The van der Waals surface area contributed by atoms with Gasteiger partial charge >= 0.3 is 0 Å². The molecule has 92 valence electrons. The fourth-order valence-corrected chi connectivity index (χ4v) is 2.43. The lowest BCUT2D eigenvalue weighted by Crippen LogP contribution is -2.58. The van der Waals surface area contributed by atoms with E-state index in [1.165, 1.54) is 0 Å². The Morgan fingerprint density at radius 1 is 0.889 bits per heavy atom. The summed E-state index contributed by atoms with van der Waals surface area (Å²) >= 11 is 0. The minimum absolute atomic E-state index is 0.319. The molecule has 4 nitrogen and oxygen atoms in total. The van der Waals surface area contributed by atoms with Crippen LogP contribution in [-0.4, -0.2) is 29.6 Å². The summed E-state index contributed by atoms with van der Waals surface area (Å²) in [5.74, 6) is 0. The van der Waals surface area contributed by atoms with E-state index < -0.39 is 0 Å². The fourth-order valence-electron chi connectivity index (χ4n) is 2.43. The Morgan fingerprint density at radius 3 is 2.00 bits per heavy atom. The van der Waals surface area contributed by atoms with Crippen LogP contribution in [0.4, 0.5) is 0 Å². The largest absolute Gasteiger partial charge is 0.313 e. The molecule has 0 unspecified atom stereocenters. The van der Waals surface area contributed by atoms with E-state index in [1.54, 1.807) is 0 Å². The molecular weight excluding hydrogens is 224 g/mol. The van der Waals surface area contributed by atoms with E-state index in [9.17, 15) is 0 Å². The van der Waals surface area contributed by atoms with Gasteiger partial charge < -0.3 is 5.32 Å². The average Bonchev–Trinajstić information content (AvgIpc) is 2.50. The summed E-state index contributed by atoms with van der Waals surface area (Å²) in [5, 5.41) is 7.01. The highest BCUT2D eigenvalue weighted by molar-refractivity contribution is 5.31. The lowest BCUT2D eigenvalue weighted by molar-refractivity contribution is 0.315. The molecule has 1 saturated heterocycles. The summed E-state index contributed by atoms with van der Waals surface area (Å²) in [6, 6.07) is 12.0. The number of nitrogens with zero attached hydrogens (tertiary/aromatic N) is 2. The molecule has 0 spiro atoms. The number of hydrogen-bond donors (Lipinski definition) is 2. The third-order valence-electron chi connectivity index (χ3n) is 3.32. The summed E-state index contributed by atoms with van der Waals surface area (Å²) in [4.78, 5) is 9.02. The van der Waals surface area contributed by atoms with Gasteiger partial charge in [-0.15, -0.1) is 0 Å². The molecule has 0 aliphatic carbocycles. The quantitative estimate of drug-likeness (QED) is 0.819. The maximum Gasteiger partial charge on any atom is 0.116 e. The van der Waals surface area contributed by atoms with Crippen molar-refractivity contribution in [3.8, 4) is 0 Å². The van der Waals surface area contributed by atoms with Crippen molar-refractivity contribution in [3.63, 3.8) is 0 Å². The lowest BCUT2D eigenvalue weighted by Gasteiger charge is -2.37. The highest BCUT2D eigenvalue weighted by atomic mass is 15.1. The number of aromatic nitrogens is 2. The van der Waals surface area contributed by atoms with Gasteiger partial charge in [0.05, 0.1) is 11.4 Å². The number of pyridine rings is 2. The summed E-state index contributed by atoms with van der Waals surface area (Å²) in [6.07, 6.45) is 3.66. The smallest absolute Gasteiger partial charge is 0.116 e. The van der Waals surface area contributed by atoms with E-state index in [0.29, 0.717) is 0 Å². The Kier molecular flexibility index (Phi) is 3.04. The van der Waals surface area contributed by atoms with Gasteiger partial charge in [-0.1, -0.05) is 12.1 Å². The molecule has 0 amide bonds. The highest BCUT2D eigenvalue weighted by Crippen LogP contribution is 2.27. The molecule has 2 aromatic rings. The number of nitrogens with one attached hydrogen (secondary N) is 2. The van der Waals surface area contributed by atoms with Crippen LogP contribution in [0.2, 0.25) is 0 Å². The van der Waals surface area contributed by atoms with E-state index >= 15 is 0 Å². The van der Waals surface area contributed by atoms with Gasteiger partial charge in [-0.25, -0.2) is 0 Å². The summed E-state index contributed by atoms with van der Waals surface area (Å²) in [6.45, 7) is 2.69. The molecular formula is C14H16N4. The maximum atomic E-state index is 4.51. The molecule has 0 radical (unpaired) electrons. The molecule has 1 aliphatic rings. The first-order valence-corrected chi connectivity index (χ1v) is 6.21. The van der Waals surface area contributed by atoms with E-state index in [0.717, 1.165) is 31.0 Å². The van der Waals surface area contributed by atoms with Gasteiger partial charge in [0.2, 0.25) is 0 Å². The van der Waals surface area contributed by atoms with Crippen LogP contribution in [-0.2, 0) is 5.54 Å². The highest BCUT2D eigenvalue weighted by Gasteiger charge is 2.37. The number of rotatable bonds is 2. The second-order valence-electron chi connectivity index (χ2n) is 4.44. The Morgan fingerprint density at radius 2 is 1.56 bits per heavy atom. The fraction of sp³-hybridized carbons (Fsp3) is 0.286. The van der Waals surface area contributed by atoms with Crippen molar-refractivity contribution in [2.45, 2.75) is 5.54 Å². The normalized spacial score (nSPS) is 18.4. The van der Waals surface area contributed by atoms with Crippen molar-refractivity contribution in [1.29, 1.82) is 0 Å². The van der Waals surface area contributed by atoms with E-state index in [-0.39, 0.29) is 5.54 Å². The predicted octanol–water partition coefficient (Wildman–Crippen LogP) is 0.913. The number of hydrogen-bond acceptors (Lipinski definition) is 4. The molecule has 1 aliphatic heterocycles. The molecule has 4 heteroatoms. The van der Waals surface area contributed by atoms with Crippen molar-refractivity contribution in [2.24, 2.45) is 0 Å². The first-order chi connectivity index (χ1) is 8.92. The van der Waals surface area contributed by atoms with Crippen LogP contribution in [0.3, 0.4) is 0 Å². The monoisotopic (exact) mass is 240 g/mol. The van der Waals surface area contributed by atoms with Gasteiger partial charge in [0.15, 0.2) is 0 Å². The Labute approximate surface area is 106 Å². The van der Waals surface area contributed by atoms with Crippen LogP contribution in [0.25, 0.3) is 0 Å². The van der Waals surface area contributed by atoms with Crippen molar-refractivity contribution >= 4 is 0 Å². The van der Waals surface area contributed by atoms with Crippen molar-refractivity contribution in [2.75, 3.05) is 19.6 Å². The average molecular weight is 240 g/mol. The summed E-state index contributed by atoms with van der Waals surface area (Å²) in [7, 11) is 0. The predicted molar refractivity (Wildman–Crippen MR) is 70.1 cm³/mol.